The molecule has 8 heteroatoms. The number of aromatic nitrogens is 5. The normalized spacial score (nSPS) is 13.7. The first-order valence-electron chi connectivity index (χ1n) is 10.5. The quantitative estimate of drug-likeness (QED) is 0.478. The smallest absolute Gasteiger partial charge is 0.157 e. The molecular formula is C23H24N6O2. The van der Waals surface area contributed by atoms with Crippen molar-refractivity contribution in [2.75, 3.05) is 25.1 Å². The van der Waals surface area contributed by atoms with Crippen molar-refractivity contribution in [2.24, 2.45) is 0 Å². The average molecular weight is 416 g/mol. The van der Waals surface area contributed by atoms with E-state index in [2.05, 4.69) is 50.5 Å². The first-order valence-corrected chi connectivity index (χ1v) is 10.5. The fourth-order valence-electron chi connectivity index (χ4n) is 3.98. The molecule has 0 spiro atoms. The summed E-state index contributed by atoms with van der Waals surface area (Å²) in [5.74, 6) is 2.09. The number of aliphatic hydroxyl groups excluding tert-OH is 1. The number of nitrogens with one attached hydrogen (secondary N) is 1. The van der Waals surface area contributed by atoms with E-state index in [0.29, 0.717) is 6.54 Å². The van der Waals surface area contributed by atoms with E-state index in [1.54, 1.807) is 23.4 Å². The Hall–Kier alpha value is -3.52. The summed E-state index contributed by atoms with van der Waals surface area (Å²) < 4.78 is 7.54. The summed E-state index contributed by atoms with van der Waals surface area (Å²) in [6, 6.07) is 10.3. The number of hydrogen-bond acceptors (Lipinski definition) is 7. The van der Waals surface area contributed by atoms with Gasteiger partial charge in [-0.2, -0.15) is 5.10 Å². The molecule has 158 valence electrons. The molecule has 5 rings (SSSR count). The van der Waals surface area contributed by atoms with Crippen LogP contribution in [0.1, 0.15) is 24.0 Å². The summed E-state index contributed by atoms with van der Waals surface area (Å²) >= 11 is 0. The van der Waals surface area contributed by atoms with Gasteiger partial charge < -0.3 is 15.2 Å². The van der Waals surface area contributed by atoms with Gasteiger partial charge in [0.25, 0.3) is 0 Å². The van der Waals surface area contributed by atoms with Gasteiger partial charge in [-0.1, -0.05) is 25.1 Å². The number of ether oxygens (including phenoxy) is 1. The Morgan fingerprint density at radius 2 is 2.13 bits per heavy atom. The van der Waals surface area contributed by atoms with Crippen LogP contribution < -0.4 is 10.1 Å². The monoisotopic (exact) mass is 416 g/mol. The van der Waals surface area contributed by atoms with Crippen LogP contribution >= 0.6 is 0 Å². The van der Waals surface area contributed by atoms with Crippen LogP contribution in [-0.4, -0.2) is 49.6 Å². The highest BCUT2D eigenvalue weighted by Crippen LogP contribution is 2.34. The lowest BCUT2D eigenvalue weighted by atomic mass is 9.97. The first kappa shape index (κ1) is 19.4. The molecule has 1 aliphatic heterocycles. The van der Waals surface area contributed by atoms with Gasteiger partial charge in [0, 0.05) is 42.1 Å². The van der Waals surface area contributed by atoms with Crippen LogP contribution in [0.3, 0.4) is 0 Å². The number of anilines is 1. The average Bonchev–Trinajstić information content (AvgIpc) is 3.44. The maximum atomic E-state index is 9.15. The second-order valence-corrected chi connectivity index (χ2v) is 7.73. The van der Waals surface area contributed by atoms with Crippen molar-refractivity contribution in [2.45, 2.75) is 25.8 Å². The van der Waals surface area contributed by atoms with Crippen LogP contribution in [0.4, 0.5) is 5.82 Å². The second kappa shape index (κ2) is 8.31. The van der Waals surface area contributed by atoms with Crippen molar-refractivity contribution in [3.63, 3.8) is 0 Å². The molecule has 31 heavy (non-hydrogen) atoms. The fourth-order valence-corrected chi connectivity index (χ4v) is 3.98. The van der Waals surface area contributed by atoms with Crippen LogP contribution in [0.5, 0.6) is 5.75 Å². The van der Waals surface area contributed by atoms with Crippen molar-refractivity contribution < 1.29 is 9.84 Å². The van der Waals surface area contributed by atoms with Crippen LogP contribution in [0, 0.1) is 0 Å². The lowest BCUT2D eigenvalue weighted by Gasteiger charge is -2.16. The zero-order chi connectivity index (χ0) is 21.2. The van der Waals surface area contributed by atoms with E-state index < -0.39 is 0 Å². The predicted molar refractivity (Wildman–Crippen MR) is 118 cm³/mol. The SMILES string of the molecule is CC(CNc1cc(-c2cnc3c(cnn3CCO)c2)ncn1)c1cccc2c1OCC2. The third kappa shape index (κ3) is 3.82. The van der Waals surface area contributed by atoms with E-state index in [9.17, 15) is 0 Å². The van der Waals surface area contributed by atoms with E-state index >= 15 is 0 Å². The third-order valence-electron chi connectivity index (χ3n) is 5.62. The highest BCUT2D eigenvalue weighted by atomic mass is 16.5. The molecule has 0 aliphatic carbocycles. The van der Waals surface area contributed by atoms with Gasteiger partial charge in [-0.3, -0.25) is 0 Å². The summed E-state index contributed by atoms with van der Waals surface area (Å²) in [6.45, 7) is 4.14. The summed E-state index contributed by atoms with van der Waals surface area (Å²) in [7, 11) is 0. The molecule has 3 aromatic heterocycles. The van der Waals surface area contributed by atoms with Gasteiger partial charge in [0.05, 0.1) is 31.6 Å². The number of rotatable bonds is 7. The number of hydrogen-bond donors (Lipinski definition) is 2. The maximum absolute atomic E-state index is 9.15. The number of pyridine rings is 1. The molecule has 0 saturated heterocycles. The highest BCUT2D eigenvalue weighted by molar-refractivity contribution is 5.80. The molecule has 4 aromatic rings. The lowest BCUT2D eigenvalue weighted by Crippen LogP contribution is -2.12. The van der Waals surface area contributed by atoms with Crippen molar-refractivity contribution >= 4 is 16.9 Å². The maximum Gasteiger partial charge on any atom is 0.157 e. The minimum Gasteiger partial charge on any atom is -0.493 e. The fraction of sp³-hybridized carbons (Fsp3) is 0.304. The van der Waals surface area contributed by atoms with E-state index in [-0.39, 0.29) is 12.5 Å². The van der Waals surface area contributed by atoms with Crippen molar-refractivity contribution in [1.82, 2.24) is 24.7 Å². The Bertz CT molecular complexity index is 1220. The molecule has 4 heterocycles. The second-order valence-electron chi connectivity index (χ2n) is 7.73. The molecule has 0 amide bonds. The van der Waals surface area contributed by atoms with Crippen LogP contribution in [0.25, 0.3) is 22.3 Å². The summed E-state index contributed by atoms with van der Waals surface area (Å²) in [5.41, 5.74) is 4.95. The molecule has 8 nitrogen and oxygen atoms in total. The van der Waals surface area contributed by atoms with Crippen LogP contribution in [0.15, 0.2) is 49.1 Å². The highest BCUT2D eigenvalue weighted by Gasteiger charge is 2.19. The Kier molecular flexibility index (Phi) is 5.21. The molecule has 1 aliphatic rings. The molecule has 0 saturated carbocycles. The van der Waals surface area contributed by atoms with Crippen LogP contribution in [-0.2, 0) is 13.0 Å². The summed E-state index contributed by atoms with van der Waals surface area (Å²) in [4.78, 5) is 13.3. The summed E-state index contributed by atoms with van der Waals surface area (Å²) in [5, 5.41) is 17.8. The number of aliphatic hydroxyl groups is 1. The molecule has 1 aromatic carbocycles. The van der Waals surface area contributed by atoms with Gasteiger partial charge in [0.1, 0.15) is 17.9 Å². The molecule has 0 radical (unpaired) electrons. The predicted octanol–water partition coefficient (Wildman–Crippen LogP) is 3.03. The largest absolute Gasteiger partial charge is 0.493 e. The molecule has 1 atom stereocenters. The van der Waals surface area contributed by atoms with Gasteiger partial charge in [-0.15, -0.1) is 0 Å². The number of para-hydroxylation sites is 1. The minimum atomic E-state index is 0.0253. The van der Waals surface area contributed by atoms with Crippen LogP contribution in [0.2, 0.25) is 0 Å². The minimum absolute atomic E-state index is 0.0253. The zero-order valence-electron chi connectivity index (χ0n) is 17.3. The standard InChI is InChI=1S/C23H24N6O2/c1-15(19-4-2-3-16-5-8-31-22(16)19)11-24-21-10-20(26-14-27-21)17-9-18-13-28-29(6-7-30)23(18)25-12-17/h2-4,9-10,12-15,30H,5-8,11H2,1H3,(H,24,26,27). The topological polar surface area (TPSA) is 98.0 Å². The molecule has 2 N–H and O–H groups in total. The van der Waals surface area contributed by atoms with E-state index in [0.717, 1.165) is 53.4 Å². The van der Waals surface area contributed by atoms with E-state index in [1.165, 1.54) is 11.1 Å². The van der Waals surface area contributed by atoms with Crippen molar-refractivity contribution in [3.05, 3.63) is 60.2 Å². The van der Waals surface area contributed by atoms with Crippen molar-refractivity contribution in [1.29, 1.82) is 0 Å². The van der Waals surface area contributed by atoms with E-state index in [1.807, 2.05) is 12.1 Å². The Balaban J connectivity index is 1.33. The van der Waals surface area contributed by atoms with Gasteiger partial charge in [-0.05, 0) is 17.2 Å². The van der Waals surface area contributed by atoms with E-state index in [4.69, 9.17) is 9.84 Å². The number of fused-ring (bicyclic) bond motifs is 2. The number of benzene rings is 1. The van der Waals surface area contributed by atoms with Gasteiger partial charge in [-0.25, -0.2) is 19.6 Å². The van der Waals surface area contributed by atoms with Gasteiger partial charge >= 0.3 is 0 Å². The Morgan fingerprint density at radius 3 is 3.03 bits per heavy atom. The van der Waals surface area contributed by atoms with Crippen molar-refractivity contribution in [3.8, 4) is 17.0 Å². The molecule has 1 unspecified atom stereocenters. The molecular weight excluding hydrogens is 392 g/mol. The molecule has 0 fully saturated rings. The third-order valence-corrected chi connectivity index (χ3v) is 5.62. The zero-order valence-corrected chi connectivity index (χ0v) is 17.3. The Morgan fingerprint density at radius 1 is 1.19 bits per heavy atom. The number of nitrogens with zero attached hydrogens (tertiary/aromatic N) is 5. The summed E-state index contributed by atoms with van der Waals surface area (Å²) in [6.07, 6.45) is 6.07. The van der Waals surface area contributed by atoms with Gasteiger partial charge in [0.2, 0.25) is 0 Å². The Labute approximate surface area is 179 Å². The first-order chi connectivity index (χ1) is 15.2. The van der Waals surface area contributed by atoms with Gasteiger partial charge in [0.15, 0.2) is 5.65 Å². The lowest BCUT2D eigenvalue weighted by molar-refractivity contribution is 0.271. The molecule has 0 bridgehead atoms.